The summed E-state index contributed by atoms with van der Waals surface area (Å²) >= 11 is 0. The van der Waals surface area contributed by atoms with E-state index in [1.807, 2.05) is 0 Å². The minimum atomic E-state index is 0. The molecule has 0 amide bonds. The Morgan fingerprint density at radius 1 is 1.30 bits per heavy atom. The third-order valence-electron chi connectivity index (χ3n) is 5.27. The lowest BCUT2D eigenvalue weighted by molar-refractivity contribution is 0.149. The fraction of sp³-hybridized carbons (Fsp3) is 0.579. The summed E-state index contributed by atoms with van der Waals surface area (Å²) in [6, 6.07) is 9.32. The van der Waals surface area contributed by atoms with Crippen LogP contribution in [0.2, 0.25) is 0 Å². The average molecular weight is 336 g/mol. The Balaban J connectivity index is 0.00000192. The van der Waals surface area contributed by atoms with E-state index in [0.717, 1.165) is 18.9 Å². The maximum Gasteiger partial charge on any atom is 0.0456 e. The molecule has 0 saturated carbocycles. The summed E-state index contributed by atoms with van der Waals surface area (Å²) in [5.41, 5.74) is 2.70. The maximum atomic E-state index is 3.57. The van der Waals surface area contributed by atoms with Crippen molar-refractivity contribution in [3.05, 3.63) is 36.0 Å². The van der Waals surface area contributed by atoms with Crippen molar-refractivity contribution in [2.24, 2.45) is 5.92 Å². The lowest BCUT2D eigenvalue weighted by Gasteiger charge is -2.36. The first-order chi connectivity index (χ1) is 10.8. The lowest BCUT2D eigenvalue weighted by atomic mass is 9.89. The molecule has 2 N–H and O–H groups in total. The fourth-order valence-electron chi connectivity index (χ4n) is 4.01. The number of hydrogen-bond acceptors (Lipinski definition) is 2. The Bertz CT molecular complexity index is 589. The first-order valence-corrected chi connectivity index (χ1v) is 8.75. The van der Waals surface area contributed by atoms with Crippen LogP contribution in [0, 0.1) is 5.92 Å². The molecule has 1 aromatic heterocycles. The first kappa shape index (κ1) is 18.3. The molecule has 1 saturated heterocycles. The van der Waals surface area contributed by atoms with Gasteiger partial charge in [0.2, 0.25) is 0 Å². The maximum absolute atomic E-state index is 3.57. The summed E-state index contributed by atoms with van der Waals surface area (Å²) < 4.78 is 0. The van der Waals surface area contributed by atoms with Crippen LogP contribution in [0.1, 0.15) is 31.7 Å². The van der Waals surface area contributed by atoms with Crippen LogP contribution in [0.5, 0.6) is 0 Å². The Morgan fingerprint density at radius 2 is 2.13 bits per heavy atom. The standard InChI is InChI=1S/C19H29N3.ClH/c1-3-19(16-7-6-11-20-13-16)22(2)12-10-15-14-21-18-9-5-4-8-17(15)18;/h4-5,8-9,14,16,19-21H,3,6-7,10-13H2,1-2H3;1H. The number of aromatic nitrogens is 1. The van der Waals surface area contributed by atoms with Crippen LogP contribution in [0.15, 0.2) is 30.5 Å². The van der Waals surface area contributed by atoms with Gasteiger partial charge in [-0.05, 0) is 63.4 Å². The quantitative estimate of drug-likeness (QED) is 0.840. The summed E-state index contributed by atoms with van der Waals surface area (Å²) in [5.74, 6) is 0.812. The van der Waals surface area contributed by atoms with Crippen molar-refractivity contribution < 1.29 is 0 Å². The molecule has 2 unspecified atom stereocenters. The molecule has 3 nitrogen and oxygen atoms in total. The summed E-state index contributed by atoms with van der Waals surface area (Å²) in [6.07, 6.45) is 7.26. The van der Waals surface area contributed by atoms with Crippen molar-refractivity contribution in [1.29, 1.82) is 0 Å². The van der Waals surface area contributed by atoms with Crippen molar-refractivity contribution in [3.63, 3.8) is 0 Å². The van der Waals surface area contributed by atoms with Gasteiger partial charge in [0.25, 0.3) is 0 Å². The molecular weight excluding hydrogens is 306 g/mol. The van der Waals surface area contributed by atoms with Crippen molar-refractivity contribution >= 4 is 23.3 Å². The van der Waals surface area contributed by atoms with Crippen molar-refractivity contribution in [2.75, 3.05) is 26.7 Å². The van der Waals surface area contributed by atoms with Crippen LogP contribution < -0.4 is 5.32 Å². The van der Waals surface area contributed by atoms with E-state index in [1.54, 1.807) is 0 Å². The van der Waals surface area contributed by atoms with E-state index in [-0.39, 0.29) is 12.4 Å². The summed E-state index contributed by atoms with van der Waals surface area (Å²) in [7, 11) is 2.30. The molecule has 23 heavy (non-hydrogen) atoms. The molecule has 3 rings (SSSR count). The Morgan fingerprint density at radius 3 is 2.87 bits per heavy atom. The first-order valence-electron chi connectivity index (χ1n) is 8.75. The molecule has 0 bridgehead atoms. The van der Waals surface area contributed by atoms with Crippen LogP contribution in [0.4, 0.5) is 0 Å². The van der Waals surface area contributed by atoms with Crippen LogP contribution in [-0.4, -0.2) is 42.6 Å². The van der Waals surface area contributed by atoms with Gasteiger partial charge in [-0.2, -0.15) is 0 Å². The topological polar surface area (TPSA) is 31.1 Å². The highest BCUT2D eigenvalue weighted by molar-refractivity contribution is 5.85. The summed E-state index contributed by atoms with van der Waals surface area (Å²) in [4.78, 5) is 5.97. The minimum Gasteiger partial charge on any atom is -0.361 e. The molecule has 0 spiro atoms. The van der Waals surface area contributed by atoms with Crippen LogP contribution in [0.3, 0.4) is 0 Å². The molecule has 4 heteroatoms. The lowest BCUT2D eigenvalue weighted by Crippen LogP contribution is -2.45. The molecule has 1 aliphatic rings. The number of aromatic amines is 1. The smallest absolute Gasteiger partial charge is 0.0456 e. The van der Waals surface area contributed by atoms with E-state index < -0.39 is 0 Å². The van der Waals surface area contributed by atoms with Crippen LogP contribution in [0.25, 0.3) is 10.9 Å². The average Bonchev–Trinajstić information content (AvgIpc) is 2.98. The van der Waals surface area contributed by atoms with Crippen molar-refractivity contribution in [3.8, 4) is 0 Å². The molecule has 0 radical (unpaired) electrons. The molecule has 1 fully saturated rings. The van der Waals surface area contributed by atoms with Gasteiger partial charge in [-0.3, -0.25) is 0 Å². The van der Waals surface area contributed by atoms with Gasteiger partial charge in [0.15, 0.2) is 0 Å². The number of para-hydroxylation sites is 1. The molecule has 2 aromatic rings. The SMILES string of the molecule is CCC(C1CCCNC1)N(C)CCc1c[nH]c2ccccc12.Cl. The van der Waals surface area contributed by atoms with Gasteiger partial charge in [0, 0.05) is 29.7 Å². The number of nitrogens with one attached hydrogen (secondary N) is 2. The number of likely N-dealkylation sites (N-methyl/N-ethyl adjacent to an activating group) is 1. The fourth-order valence-corrected chi connectivity index (χ4v) is 4.01. The summed E-state index contributed by atoms with van der Waals surface area (Å²) in [5, 5.41) is 4.94. The van der Waals surface area contributed by atoms with Crippen LogP contribution >= 0.6 is 12.4 Å². The molecule has 0 aliphatic carbocycles. The van der Waals surface area contributed by atoms with Gasteiger partial charge in [-0.15, -0.1) is 12.4 Å². The number of piperidine rings is 1. The van der Waals surface area contributed by atoms with E-state index >= 15 is 0 Å². The monoisotopic (exact) mass is 335 g/mol. The number of benzene rings is 1. The number of fused-ring (bicyclic) bond motifs is 1. The zero-order chi connectivity index (χ0) is 15.4. The Hall–Kier alpha value is -1.03. The van der Waals surface area contributed by atoms with Crippen LogP contribution in [-0.2, 0) is 6.42 Å². The van der Waals surface area contributed by atoms with Gasteiger partial charge in [-0.1, -0.05) is 25.1 Å². The molecule has 1 aliphatic heterocycles. The molecular formula is C19H30ClN3. The van der Waals surface area contributed by atoms with Gasteiger partial charge < -0.3 is 15.2 Å². The number of H-pyrrole nitrogens is 1. The third kappa shape index (κ3) is 4.28. The normalized spacial score (nSPS) is 19.7. The Kier molecular flexibility index (Phi) is 6.94. The largest absolute Gasteiger partial charge is 0.361 e. The minimum absolute atomic E-state index is 0. The van der Waals surface area contributed by atoms with E-state index in [2.05, 4.69) is 59.6 Å². The van der Waals surface area contributed by atoms with Gasteiger partial charge in [-0.25, -0.2) is 0 Å². The second-order valence-corrected chi connectivity index (χ2v) is 6.67. The van der Waals surface area contributed by atoms with Gasteiger partial charge >= 0.3 is 0 Å². The molecule has 1 aromatic carbocycles. The van der Waals surface area contributed by atoms with Gasteiger partial charge in [0.05, 0.1) is 0 Å². The van der Waals surface area contributed by atoms with Crippen molar-refractivity contribution in [2.45, 2.75) is 38.6 Å². The highest BCUT2D eigenvalue weighted by Gasteiger charge is 2.25. The number of nitrogens with zero attached hydrogens (tertiary/aromatic N) is 1. The predicted octanol–water partition coefficient (Wildman–Crippen LogP) is 3.84. The molecule has 2 atom stereocenters. The van der Waals surface area contributed by atoms with E-state index in [0.29, 0.717) is 6.04 Å². The second-order valence-electron chi connectivity index (χ2n) is 6.67. The number of rotatable bonds is 6. The Labute approximate surface area is 146 Å². The number of halogens is 1. The number of hydrogen-bond donors (Lipinski definition) is 2. The molecule has 128 valence electrons. The zero-order valence-electron chi connectivity index (χ0n) is 14.3. The van der Waals surface area contributed by atoms with E-state index in [1.165, 1.54) is 48.8 Å². The zero-order valence-corrected chi connectivity index (χ0v) is 15.2. The highest BCUT2D eigenvalue weighted by Crippen LogP contribution is 2.22. The van der Waals surface area contributed by atoms with Gasteiger partial charge in [0.1, 0.15) is 0 Å². The highest BCUT2D eigenvalue weighted by atomic mass is 35.5. The van der Waals surface area contributed by atoms with E-state index in [9.17, 15) is 0 Å². The second kappa shape index (κ2) is 8.72. The van der Waals surface area contributed by atoms with E-state index in [4.69, 9.17) is 0 Å². The molecule has 2 heterocycles. The predicted molar refractivity (Wildman–Crippen MR) is 102 cm³/mol. The third-order valence-corrected chi connectivity index (χ3v) is 5.27. The summed E-state index contributed by atoms with van der Waals surface area (Å²) in [6.45, 7) is 5.86. The van der Waals surface area contributed by atoms with Crippen molar-refractivity contribution in [1.82, 2.24) is 15.2 Å².